The van der Waals surface area contributed by atoms with Crippen molar-refractivity contribution in [2.75, 3.05) is 7.11 Å². The van der Waals surface area contributed by atoms with E-state index in [1.165, 1.54) is 7.11 Å². The lowest BCUT2D eigenvalue weighted by atomic mass is 9.99. The highest BCUT2D eigenvalue weighted by Gasteiger charge is 2.15. The molecule has 0 aliphatic rings. The third-order valence-corrected chi connectivity index (χ3v) is 3.07. The molecule has 0 bridgehead atoms. The van der Waals surface area contributed by atoms with Gasteiger partial charge in [0.25, 0.3) is 0 Å². The largest absolute Gasteiger partial charge is 0.465 e. The summed E-state index contributed by atoms with van der Waals surface area (Å²) in [6.45, 7) is 2.01. The van der Waals surface area contributed by atoms with Crippen LogP contribution in [-0.4, -0.2) is 13.1 Å². The number of halogens is 1. The minimum absolute atomic E-state index is 0.381. The van der Waals surface area contributed by atoms with Crippen molar-refractivity contribution in [1.29, 1.82) is 0 Å². The molecule has 3 heteroatoms. The fourth-order valence-electron chi connectivity index (χ4n) is 1.82. The van der Waals surface area contributed by atoms with Crippen molar-refractivity contribution in [2.24, 2.45) is 0 Å². The van der Waals surface area contributed by atoms with Gasteiger partial charge in [-0.05, 0) is 24.6 Å². The summed E-state index contributed by atoms with van der Waals surface area (Å²) in [5, 5.41) is 0.543. The SMILES string of the molecule is COC(=O)c1cccc(Cl)c1-c1ccc(C)cc1. The summed E-state index contributed by atoms with van der Waals surface area (Å²) >= 11 is 6.20. The van der Waals surface area contributed by atoms with Gasteiger partial charge in [-0.3, -0.25) is 0 Å². The summed E-state index contributed by atoms with van der Waals surface area (Å²) < 4.78 is 4.78. The molecule has 0 heterocycles. The predicted molar refractivity (Wildman–Crippen MR) is 73.0 cm³/mol. The Morgan fingerprint density at radius 2 is 1.78 bits per heavy atom. The molecule has 0 unspecified atom stereocenters. The second-order valence-electron chi connectivity index (χ2n) is 4.02. The second-order valence-corrected chi connectivity index (χ2v) is 4.43. The monoisotopic (exact) mass is 260 g/mol. The van der Waals surface area contributed by atoms with Gasteiger partial charge in [0.2, 0.25) is 0 Å². The number of methoxy groups -OCH3 is 1. The molecule has 0 atom stereocenters. The number of carbonyl (C=O) groups excluding carboxylic acids is 1. The van der Waals surface area contributed by atoms with E-state index in [2.05, 4.69) is 0 Å². The molecular formula is C15H13ClO2. The van der Waals surface area contributed by atoms with Gasteiger partial charge in [0.05, 0.1) is 12.7 Å². The van der Waals surface area contributed by atoms with Crippen LogP contribution < -0.4 is 0 Å². The molecule has 2 rings (SSSR count). The highest BCUT2D eigenvalue weighted by molar-refractivity contribution is 6.34. The zero-order chi connectivity index (χ0) is 13.1. The summed E-state index contributed by atoms with van der Waals surface area (Å²) in [5.41, 5.74) is 3.26. The van der Waals surface area contributed by atoms with E-state index in [1.54, 1.807) is 18.2 Å². The van der Waals surface area contributed by atoms with Gasteiger partial charge in [-0.2, -0.15) is 0 Å². The Bertz CT molecular complexity index is 574. The molecule has 0 N–H and O–H groups in total. The highest BCUT2D eigenvalue weighted by atomic mass is 35.5. The maximum Gasteiger partial charge on any atom is 0.338 e. The molecule has 2 aromatic rings. The average molecular weight is 261 g/mol. The summed E-state index contributed by atoms with van der Waals surface area (Å²) in [7, 11) is 1.36. The quantitative estimate of drug-likeness (QED) is 0.760. The van der Waals surface area contributed by atoms with Crippen LogP contribution >= 0.6 is 11.6 Å². The molecule has 0 amide bonds. The van der Waals surface area contributed by atoms with E-state index < -0.39 is 0 Å². The first-order chi connectivity index (χ1) is 8.63. The first kappa shape index (κ1) is 12.7. The lowest BCUT2D eigenvalue weighted by molar-refractivity contribution is 0.0601. The maximum atomic E-state index is 11.7. The molecule has 2 aromatic carbocycles. The number of benzene rings is 2. The molecule has 2 nitrogen and oxygen atoms in total. The number of carbonyl (C=O) groups is 1. The first-order valence-electron chi connectivity index (χ1n) is 5.57. The van der Waals surface area contributed by atoms with E-state index in [1.807, 2.05) is 31.2 Å². The van der Waals surface area contributed by atoms with Crippen LogP contribution in [0.1, 0.15) is 15.9 Å². The third-order valence-electron chi connectivity index (χ3n) is 2.76. The van der Waals surface area contributed by atoms with Crippen LogP contribution in [0.2, 0.25) is 5.02 Å². The summed E-state index contributed by atoms with van der Waals surface area (Å²) in [4.78, 5) is 11.7. The molecule has 0 radical (unpaired) electrons. The van der Waals surface area contributed by atoms with Gasteiger partial charge < -0.3 is 4.74 Å². The molecule has 0 saturated heterocycles. The fraction of sp³-hybridized carbons (Fsp3) is 0.133. The van der Waals surface area contributed by atoms with Crippen LogP contribution in [-0.2, 0) is 4.74 Å². The Hall–Kier alpha value is -1.80. The van der Waals surface area contributed by atoms with E-state index in [9.17, 15) is 4.79 Å². The van der Waals surface area contributed by atoms with Crippen LogP contribution in [0.15, 0.2) is 42.5 Å². The number of esters is 1. The summed E-state index contributed by atoms with van der Waals surface area (Å²) in [6, 6.07) is 13.1. The van der Waals surface area contributed by atoms with Crippen LogP contribution in [0, 0.1) is 6.92 Å². The van der Waals surface area contributed by atoms with E-state index >= 15 is 0 Å². The van der Waals surface area contributed by atoms with Crippen molar-refractivity contribution in [1.82, 2.24) is 0 Å². The number of ether oxygens (including phenoxy) is 1. The number of hydrogen-bond acceptors (Lipinski definition) is 2. The lowest BCUT2D eigenvalue weighted by Gasteiger charge is -2.10. The van der Waals surface area contributed by atoms with Gasteiger partial charge in [-0.15, -0.1) is 0 Å². The predicted octanol–water partition coefficient (Wildman–Crippen LogP) is 4.10. The molecule has 0 spiro atoms. The highest BCUT2D eigenvalue weighted by Crippen LogP contribution is 2.31. The third kappa shape index (κ3) is 2.39. The standard InChI is InChI=1S/C15H13ClO2/c1-10-6-8-11(9-7-10)14-12(15(17)18-2)4-3-5-13(14)16/h3-9H,1-2H3. The zero-order valence-electron chi connectivity index (χ0n) is 10.2. The van der Waals surface area contributed by atoms with Gasteiger partial charge in [0.15, 0.2) is 0 Å². The van der Waals surface area contributed by atoms with Gasteiger partial charge in [-0.25, -0.2) is 4.79 Å². The summed E-state index contributed by atoms with van der Waals surface area (Å²) in [6.07, 6.45) is 0. The zero-order valence-corrected chi connectivity index (χ0v) is 11.0. The van der Waals surface area contributed by atoms with Gasteiger partial charge in [0, 0.05) is 10.6 Å². The Morgan fingerprint density at radius 3 is 2.39 bits per heavy atom. The first-order valence-corrected chi connectivity index (χ1v) is 5.95. The van der Waals surface area contributed by atoms with E-state index in [0.717, 1.165) is 11.1 Å². The van der Waals surface area contributed by atoms with Gasteiger partial charge in [0.1, 0.15) is 0 Å². The topological polar surface area (TPSA) is 26.3 Å². The number of hydrogen-bond donors (Lipinski definition) is 0. The molecule has 0 aliphatic heterocycles. The van der Waals surface area contributed by atoms with Crippen LogP contribution in [0.25, 0.3) is 11.1 Å². The number of rotatable bonds is 2. The van der Waals surface area contributed by atoms with E-state index in [0.29, 0.717) is 16.1 Å². The van der Waals surface area contributed by atoms with Crippen molar-refractivity contribution in [3.05, 3.63) is 58.6 Å². The molecule has 0 aromatic heterocycles. The van der Waals surface area contributed by atoms with Crippen LogP contribution in [0.3, 0.4) is 0 Å². The van der Waals surface area contributed by atoms with Crippen molar-refractivity contribution in [3.8, 4) is 11.1 Å². The average Bonchev–Trinajstić information content (AvgIpc) is 2.39. The molecule has 0 saturated carbocycles. The van der Waals surface area contributed by atoms with Crippen molar-refractivity contribution in [2.45, 2.75) is 6.92 Å². The van der Waals surface area contributed by atoms with Gasteiger partial charge >= 0.3 is 5.97 Å². The Labute approximate surface area is 111 Å². The Balaban J connectivity index is 2.62. The van der Waals surface area contributed by atoms with Crippen LogP contribution in [0.4, 0.5) is 0 Å². The van der Waals surface area contributed by atoms with Crippen molar-refractivity contribution in [3.63, 3.8) is 0 Å². The number of aryl methyl sites for hydroxylation is 1. The smallest absolute Gasteiger partial charge is 0.338 e. The van der Waals surface area contributed by atoms with Crippen molar-refractivity contribution >= 4 is 17.6 Å². The minimum Gasteiger partial charge on any atom is -0.465 e. The van der Waals surface area contributed by atoms with E-state index in [-0.39, 0.29) is 5.97 Å². The Kier molecular flexibility index (Phi) is 3.68. The maximum absolute atomic E-state index is 11.7. The molecule has 18 heavy (non-hydrogen) atoms. The molecule has 92 valence electrons. The minimum atomic E-state index is -0.381. The summed E-state index contributed by atoms with van der Waals surface area (Å²) in [5.74, 6) is -0.381. The lowest BCUT2D eigenvalue weighted by Crippen LogP contribution is -2.03. The van der Waals surface area contributed by atoms with Crippen LogP contribution in [0.5, 0.6) is 0 Å². The molecule has 0 aliphatic carbocycles. The Morgan fingerprint density at radius 1 is 1.11 bits per heavy atom. The van der Waals surface area contributed by atoms with E-state index in [4.69, 9.17) is 16.3 Å². The normalized spacial score (nSPS) is 10.2. The fourth-order valence-corrected chi connectivity index (χ4v) is 2.10. The van der Waals surface area contributed by atoms with Crippen molar-refractivity contribution < 1.29 is 9.53 Å². The molecular weight excluding hydrogens is 248 g/mol. The van der Waals surface area contributed by atoms with Gasteiger partial charge in [-0.1, -0.05) is 47.5 Å². The second kappa shape index (κ2) is 5.23. The molecule has 0 fully saturated rings.